The minimum Gasteiger partial charge on any atom is -0.497 e. The van der Waals surface area contributed by atoms with E-state index in [1.165, 1.54) is 0 Å². The largest absolute Gasteiger partial charge is 0.515 e. The molecule has 0 spiro atoms. The van der Waals surface area contributed by atoms with Gasteiger partial charge < -0.3 is 24.3 Å². The molecule has 4 rings (SSSR count). The van der Waals surface area contributed by atoms with Crippen molar-refractivity contribution in [1.82, 2.24) is 9.88 Å². The quantitative estimate of drug-likeness (QED) is 0.441. The Morgan fingerprint density at radius 1 is 1.27 bits per heavy atom. The standard InChI is InChI=1S/C24H26Cl2N2O5/c1-3-32-23(29)33-22-18(21-19(26)11-16(25)12-20(21)27-22)13-28-9-5-8-24(30,14-28)15-6-4-7-17(10-15)31-2/h4,6-7,10-12,27,30H,3,5,8-9,13-14H2,1-2H3. The Morgan fingerprint density at radius 2 is 2.09 bits per heavy atom. The van der Waals surface area contributed by atoms with Gasteiger partial charge in [-0.3, -0.25) is 4.90 Å². The van der Waals surface area contributed by atoms with Crippen LogP contribution in [0.4, 0.5) is 4.79 Å². The molecule has 2 heterocycles. The smallest absolute Gasteiger partial charge is 0.497 e. The Morgan fingerprint density at radius 3 is 2.85 bits per heavy atom. The molecule has 0 radical (unpaired) electrons. The van der Waals surface area contributed by atoms with E-state index in [-0.39, 0.29) is 12.5 Å². The van der Waals surface area contributed by atoms with E-state index in [4.69, 9.17) is 37.4 Å². The van der Waals surface area contributed by atoms with Crippen molar-refractivity contribution in [3.05, 3.63) is 57.6 Å². The third-order valence-electron chi connectivity index (χ3n) is 5.87. The summed E-state index contributed by atoms with van der Waals surface area (Å²) in [5.41, 5.74) is 1.13. The van der Waals surface area contributed by atoms with Crippen molar-refractivity contribution in [2.45, 2.75) is 31.9 Å². The number of hydrogen-bond acceptors (Lipinski definition) is 6. The molecule has 33 heavy (non-hydrogen) atoms. The maximum Gasteiger partial charge on any atom is 0.515 e. The van der Waals surface area contributed by atoms with Crippen LogP contribution in [0.3, 0.4) is 0 Å². The summed E-state index contributed by atoms with van der Waals surface area (Å²) in [5.74, 6) is 0.951. The molecule has 0 saturated carbocycles. The molecule has 1 saturated heterocycles. The SMILES string of the molecule is CCOC(=O)Oc1[nH]c2cc(Cl)cc(Cl)c2c1CN1CCCC(O)(c2cccc(OC)c2)C1. The van der Waals surface area contributed by atoms with Crippen LogP contribution in [0.25, 0.3) is 10.9 Å². The van der Waals surface area contributed by atoms with Crippen LogP contribution in [0.5, 0.6) is 11.6 Å². The second-order valence-electron chi connectivity index (χ2n) is 8.11. The van der Waals surface area contributed by atoms with E-state index >= 15 is 0 Å². The number of aromatic amines is 1. The van der Waals surface area contributed by atoms with Crippen molar-refractivity contribution in [2.75, 3.05) is 26.8 Å². The number of carbonyl (C=O) groups excluding carboxylic acids is 1. The van der Waals surface area contributed by atoms with Crippen molar-refractivity contribution in [3.8, 4) is 11.6 Å². The number of aliphatic hydroxyl groups is 1. The van der Waals surface area contributed by atoms with Crippen molar-refractivity contribution in [3.63, 3.8) is 0 Å². The van der Waals surface area contributed by atoms with Gasteiger partial charge in [0.2, 0.25) is 5.88 Å². The molecule has 2 aromatic carbocycles. The number of ether oxygens (including phenoxy) is 3. The monoisotopic (exact) mass is 492 g/mol. The molecule has 7 nitrogen and oxygen atoms in total. The van der Waals surface area contributed by atoms with Gasteiger partial charge in [0, 0.05) is 29.1 Å². The number of hydrogen-bond donors (Lipinski definition) is 2. The first-order valence-electron chi connectivity index (χ1n) is 10.8. The minimum absolute atomic E-state index is 0.195. The maximum absolute atomic E-state index is 12.0. The van der Waals surface area contributed by atoms with Crippen molar-refractivity contribution in [1.29, 1.82) is 0 Å². The number of aromatic nitrogens is 1. The average molecular weight is 493 g/mol. The second kappa shape index (κ2) is 9.81. The summed E-state index contributed by atoms with van der Waals surface area (Å²) < 4.78 is 15.7. The summed E-state index contributed by atoms with van der Waals surface area (Å²) in [6, 6.07) is 10.9. The highest BCUT2D eigenvalue weighted by Crippen LogP contribution is 2.39. The van der Waals surface area contributed by atoms with Gasteiger partial charge in [-0.2, -0.15) is 0 Å². The van der Waals surface area contributed by atoms with Gasteiger partial charge in [0.25, 0.3) is 0 Å². The molecule has 0 amide bonds. The van der Waals surface area contributed by atoms with Gasteiger partial charge in [-0.25, -0.2) is 4.79 Å². The summed E-state index contributed by atoms with van der Waals surface area (Å²) >= 11 is 12.7. The van der Waals surface area contributed by atoms with Crippen molar-refractivity contribution < 1.29 is 24.1 Å². The number of H-pyrrole nitrogens is 1. The molecular weight excluding hydrogens is 467 g/mol. The van der Waals surface area contributed by atoms with Gasteiger partial charge in [-0.05, 0) is 56.1 Å². The number of fused-ring (bicyclic) bond motifs is 1. The van der Waals surface area contributed by atoms with E-state index < -0.39 is 11.8 Å². The summed E-state index contributed by atoms with van der Waals surface area (Å²) in [4.78, 5) is 17.3. The molecule has 9 heteroatoms. The van der Waals surface area contributed by atoms with Gasteiger partial charge in [0.05, 0.1) is 24.3 Å². The van der Waals surface area contributed by atoms with Crippen LogP contribution in [-0.2, 0) is 16.9 Å². The zero-order valence-corrected chi connectivity index (χ0v) is 20.0. The second-order valence-corrected chi connectivity index (χ2v) is 8.95. The molecular formula is C24H26Cl2N2O5. The molecule has 2 N–H and O–H groups in total. The summed E-state index contributed by atoms with van der Waals surface area (Å²) in [7, 11) is 1.61. The Labute approximate surface area is 202 Å². The van der Waals surface area contributed by atoms with Gasteiger partial charge in [-0.1, -0.05) is 35.3 Å². The number of β-amino-alcohol motifs (C(OH)–C–C–N with tert-alkyl or cyclic N) is 1. The molecule has 1 aliphatic heterocycles. The van der Waals surface area contributed by atoms with Crippen molar-refractivity contribution >= 4 is 40.3 Å². The highest BCUT2D eigenvalue weighted by atomic mass is 35.5. The predicted molar refractivity (Wildman–Crippen MR) is 127 cm³/mol. The van der Waals surface area contributed by atoms with E-state index in [2.05, 4.69) is 9.88 Å². The van der Waals surface area contributed by atoms with Crippen LogP contribution < -0.4 is 9.47 Å². The third kappa shape index (κ3) is 5.06. The van der Waals surface area contributed by atoms with Crippen molar-refractivity contribution in [2.24, 2.45) is 0 Å². The summed E-state index contributed by atoms with van der Waals surface area (Å²) in [6.45, 7) is 3.47. The zero-order chi connectivity index (χ0) is 23.6. The van der Waals surface area contributed by atoms with E-state index in [1.54, 1.807) is 26.2 Å². The average Bonchev–Trinajstić information content (AvgIpc) is 3.10. The molecule has 1 atom stereocenters. The predicted octanol–water partition coefficient (Wildman–Crippen LogP) is 5.50. The number of nitrogens with one attached hydrogen (secondary N) is 1. The fraction of sp³-hybridized carbons (Fsp3) is 0.375. The normalized spacial score (nSPS) is 18.9. The Bertz CT molecular complexity index is 1170. The zero-order valence-electron chi connectivity index (χ0n) is 18.5. The van der Waals surface area contributed by atoms with Crippen LogP contribution >= 0.6 is 23.2 Å². The van der Waals surface area contributed by atoms with Crippen LogP contribution in [-0.4, -0.2) is 48.0 Å². The molecule has 176 valence electrons. The number of benzene rings is 2. The van der Waals surface area contributed by atoms with Crippen LogP contribution in [0, 0.1) is 0 Å². The molecule has 1 fully saturated rings. The lowest BCUT2D eigenvalue weighted by Crippen LogP contribution is -2.45. The molecule has 3 aromatic rings. The lowest BCUT2D eigenvalue weighted by atomic mass is 9.85. The number of piperidine rings is 1. The summed E-state index contributed by atoms with van der Waals surface area (Å²) in [5, 5.41) is 13.1. The number of rotatable bonds is 6. The maximum atomic E-state index is 12.0. The van der Waals surface area contributed by atoms with E-state index in [0.29, 0.717) is 46.4 Å². The summed E-state index contributed by atoms with van der Waals surface area (Å²) in [6.07, 6.45) is 0.621. The van der Waals surface area contributed by atoms with E-state index in [0.717, 1.165) is 23.9 Å². The highest BCUT2D eigenvalue weighted by molar-refractivity contribution is 6.38. The van der Waals surface area contributed by atoms with Crippen LogP contribution in [0.2, 0.25) is 10.0 Å². The Hall–Kier alpha value is -2.45. The van der Waals surface area contributed by atoms with E-state index in [1.807, 2.05) is 24.3 Å². The number of likely N-dealkylation sites (tertiary alicyclic amines) is 1. The number of carbonyl (C=O) groups is 1. The molecule has 0 bridgehead atoms. The Kier molecular flexibility index (Phi) is 7.05. The van der Waals surface area contributed by atoms with Gasteiger partial charge in [0.1, 0.15) is 11.4 Å². The number of methoxy groups -OCH3 is 1. The fourth-order valence-electron chi connectivity index (χ4n) is 4.39. The lowest BCUT2D eigenvalue weighted by Gasteiger charge is -2.39. The van der Waals surface area contributed by atoms with Crippen LogP contribution in [0.15, 0.2) is 36.4 Å². The highest BCUT2D eigenvalue weighted by Gasteiger charge is 2.36. The lowest BCUT2D eigenvalue weighted by molar-refractivity contribution is -0.0383. The van der Waals surface area contributed by atoms with Gasteiger partial charge in [-0.15, -0.1) is 0 Å². The topological polar surface area (TPSA) is 84.0 Å². The first kappa shape index (κ1) is 23.7. The van der Waals surface area contributed by atoms with E-state index in [9.17, 15) is 9.90 Å². The third-order valence-corrected chi connectivity index (χ3v) is 6.38. The Balaban J connectivity index is 1.66. The number of nitrogens with zero attached hydrogens (tertiary/aromatic N) is 1. The van der Waals surface area contributed by atoms with Gasteiger partial charge in [0.15, 0.2) is 0 Å². The molecule has 0 aliphatic carbocycles. The first-order valence-corrected chi connectivity index (χ1v) is 11.5. The molecule has 1 aromatic heterocycles. The number of halogens is 2. The molecule has 1 unspecified atom stereocenters. The van der Waals surface area contributed by atoms with Crippen LogP contribution in [0.1, 0.15) is 30.9 Å². The minimum atomic E-state index is -1.03. The molecule has 1 aliphatic rings. The van der Waals surface area contributed by atoms with Gasteiger partial charge >= 0.3 is 6.16 Å². The first-order chi connectivity index (χ1) is 15.8. The fourth-order valence-corrected chi connectivity index (χ4v) is 5.00.